The van der Waals surface area contributed by atoms with Gasteiger partial charge in [-0.15, -0.1) is 0 Å². The molecule has 0 atom stereocenters. The average Bonchev–Trinajstić information content (AvgIpc) is 3.31. The van der Waals surface area contributed by atoms with Crippen molar-refractivity contribution in [2.24, 2.45) is 0 Å². The molecule has 0 aliphatic rings. The number of thiazole rings is 1. The third kappa shape index (κ3) is 4.45. The Labute approximate surface area is 196 Å². The number of rotatable bonds is 3. The van der Waals surface area contributed by atoms with Gasteiger partial charge in [-0.3, -0.25) is 10.1 Å². The molecule has 30 heavy (non-hydrogen) atoms. The number of hydrogen-bond donors (Lipinski definition) is 2. The fraction of sp³-hybridized carbons (Fsp3) is 0.0500. The molecule has 0 radical (unpaired) electrons. The first-order chi connectivity index (χ1) is 14.3. The number of furan rings is 1. The maximum Gasteiger partial charge on any atom is 0.293 e. The van der Waals surface area contributed by atoms with Crippen molar-refractivity contribution in [2.75, 3.05) is 5.32 Å². The van der Waals surface area contributed by atoms with Gasteiger partial charge in [-0.1, -0.05) is 46.1 Å². The van der Waals surface area contributed by atoms with E-state index in [2.05, 4.69) is 15.6 Å². The lowest BCUT2D eigenvalue weighted by Gasteiger charge is -2.05. The van der Waals surface area contributed by atoms with Crippen LogP contribution in [0.15, 0.2) is 46.9 Å². The molecule has 0 bridgehead atoms. The van der Waals surface area contributed by atoms with Gasteiger partial charge in [0, 0.05) is 10.6 Å². The number of aromatic nitrogens is 1. The van der Waals surface area contributed by atoms with Crippen LogP contribution < -0.4 is 10.6 Å². The number of carbonyl (C=O) groups is 1. The zero-order valence-electron chi connectivity index (χ0n) is 15.3. The van der Waals surface area contributed by atoms with Gasteiger partial charge in [-0.2, -0.15) is 0 Å². The molecule has 0 saturated carbocycles. The van der Waals surface area contributed by atoms with Crippen LogP contribution in [0.3, 0.4) is 0 Å². The van der Waals surface area contributed by atoms with Crippen molar-refractivity contribution in [3.05, 3.63) is 68.9 Å². The molecule has 0 aliphatic heterocycles. The molecule has 2 aromatic heterocycles. The van der Waals surface area contributed by atoms with Crippen molar-refractivity contribution < 1.29 is 9.21 Å². The summed E-state index contributed by atoms with van der Waals surface area (Å²) >= 11 is 24.7. The van der Waals surface area contributed by atoms with Gasteiger partial charge in [0.05, 0.1) is 20.3 Å². The standard InChI is InChI=1S/C20H12Cl3N3O2S2/c1-9-6-17-14(8-12(9)22)24-20(30-17)26-19(29)25-18(27)16-5-4-15(28-16)10-2-3-11(21)13(23)7-10/h2-8H,1H3,(H2,24,25,26,27,29). The first-order valence-electron chi connectivity index (χ1n) is 8.54. The number of fused-ring (bicyclic) bond motifs is 1. The Hall–Kier alpha value is -2.16. The predicted molar refractivity (Wildman–Crippen MR) is 127 cm³/mol. The molecule has 0 saturated heterocycles. The first-order valence-corrected chi connectivity index (χ1v) is 10.9. The van der Waals surface area contributed by atoms with Crippen molar-refractivity contribution in [1.29, 1.82) is 0 Å². The SMILES string of the molecule is Cc1cc2sc(NC(=S)NC(=O)c3ccc(-c4ccc(Cl)c(Cl)c4)o3)nc2cc1Cl. The second-order valence-electron chi connectivity index (χ2n) is 6.29. The van der Waals surface area contributed by atoms with Crippen LogP contribution in [0.2, 0.25) is 15.1 Å². The van der Waals surface area contributed by atoms with Gasteiger partial charge >= 0.3 is 0 Å². The molecule has 2 heterocycles. The molecule has 10 heteroatoms. The van der Waals surface area contributed by atoms with Gasteiger partial charge in [0.1, 0.15) is 5.76 Å². The van der Waals surface area contributed by atoms with Crippen LogP contribution >= 0.6 is 58.4 Å². The van der Waals surface area contributed by atoms with Crippen molar-refractivity contribution >= 4 is 84.7 Å². The number of anilines is 1. The topological polar surface area (TPSA) is 67.2 Å². The molecule has 152 valence electrons. The predicted octanol–water partition coefficient (Wildman–Crippen LogP) is 6.95. The van der Waals surface area contributed by atoms with E-state index in [-0.39, 0.29) is 10.9 Å². The number of nitrogens with zero attached hydrogens (tertiary/aromatic N) is 1. The molecule has 0 fully saturated rings. The highest BCUT2D eigenvalue weighted by molar-refractivity contribution is 7.80. The van der Waals surface area contributed by atoms with E-state index in [1.807, 2.05) is 13.0 Å². The van der Waals surface area contributed by atoms with E-state index in [0.29, 0.717) is 31.5 Å². The van der Waals surface area contributed by atoms with E-state index in [0.717, 1.165) is 15.8 Å². The fourth-order valence-electron chi connectivity index (χ4n) is 2.66. The Kier molecular flexibility index (Phi) is 5.99. The van der Waals surface area contributed by atoms with Gasteiger partial charge in [-0.05, 0) is 67.2 Å². The molecule has 2 N–H and O–H groups in total. The number of thiocarbonyl (C=S) groups is 1. The molecular weight excluding hydrogens is 485 g/mol. The second-order valence-corrected chi connectivity index (χ2v) is 8.95. The van der Waals surface area contributed by atoms with Crippen LogP contribution in [0.1, 0.15) is 16.1 Å². The number of amides is 1. The maximum absolute atomic E-state index is 12.5. The van der Waals surface area contributed by atoms with E-state index in [9.17, 15) is 4.79 Å². The van der Waals surface area contributed by atoms with Crippen LogP contribution in [-0.4, -0.2) is 16.0 Å². The summed E-state index contributed by atoms with van der Waals surface area (Å²) in [6.45, 7) is 1.93. The highest BCUT2D eigenvalue weighted by atomic mass is 35.5. The number of halogens is 3. The van der Waals surface area contributed by atoms with Crippen LogP contribution in [-0.2, 0) is 0 Å². The van der Waals surface area contributed by atoms with Crippen LogP contribution in [0.5, 0.6) is 0 Å². The van der Waals surface area contributed by atoms with E-state index >= 15 is 0 Å². The third-order valence-corrected chi connectivity index (χ3v) is 6.43. The van der Waals surface area contributed by atoms with Crippen molar-refractivity contribution in [3.63, 3.8) is 0 Å². The largest absolute Gasteiger partial charge is 0.451 e. The van der Waals surface area contributed by atoms with Gasteiger partial charge in [0.25, 0.3) is 5.91 Å². The summed E-state index contributed by atoms with van der Waals surface area (Å²) in [6.07, 6.45) is 0. The molecule has 4 aromatic rings. The Morgan fingerprint density at radius 1 is 1.07 bits per heavy atom. The fourth-order valence-corrected chi connectivity index (χ4v) is 4.32. The minimum Gasteiger partial charge on any atom is -0.451 e. The first kappa shape index (κ1) is 21.1. The van der Waals surface area contributed by atoms with Gasteiger partial charge in [0.15, 0.2) is 16.0 Å². The van der Waals surface area contributed by atoms with Gasteiger partial charge < -0.3 is 9.73 Å². The molecule has 0 aliphatic carbocycles. The van der Waals surface area contributed by atoms with Crippen LogP contribution in [0, 0.1) is 6.92 Å². The van der Waals surface area contributed by atoms with E-state index in [1.54, 1.807) is 36.4 Å². The zero-order chi connectivity index (χ0) is 21.4. The monoisotopic (exact) mass is 495 g/mol. The van der Waals surface area contributed by atoms with E-state index in [4.69, 9.17) is 51.4 Å². The van der Waals surface area contributed by atoms with Crippen LogP contribution in [0.4, 0.5) is 5.13 Å². The Morgan fingerprint density at radius 2 is 1.87 bits per heavy atom. The average molecular weight is 497 g/mol. The van der Waals surface area contributed by atoms with Crippen molar-refractivity contribution in [1.82, 2.24) is 10.3 Å². The molecule has 0 unspecified atom stereocenters. The highest BCUT2D eigenvalue weighted by Gasteiger charge is 2.15. The summed E-state index contributed by atoms with van der Waals surface area (Å²) in [5, 5.41) is 7.63. The Bertz CT molecular complexity index is 1260. The lowest BCUT2D eigenvalue weighted by Crippen LogP contribution is -2.33. The van der Waals surface area contributed by atoms with E-state index < -0.39 is 5.91 Å². The Balaban J connectivity index is 1.44. The summed E-state index contributed by atoms with van der Waals surface area (Å²) in [5.74, 6) is 0.0988. The molecular formula is C20H12Cl3N3O2S2. The van der Waals surface area contributed by atoms with Crippen LogP contribution in [0.25, 0.3) is 21.5 Å². The molecule has 2 aromatic carbocycles. The summed E-state index contributed by atoms with van der Waals surface area (Å²) in [7, 11) is 0. The molecule has 0 spiro atoms. The van der Waals surface area contributed by atoms with Gasteiger partial charge in [0.2, 0.25) is 0 Å². The summed E-state index contributed by atoms with van der Waals surface area (Å²) in [5.41, 5.74) is 2.42. The summed E-state index contributed by atoms with van der Waals surface area (Å²) < 4.78 is 6.59. The minimum absolute atomic E-state index is 0.104. The Morgan fingerprint density at radius 3 is 2.63 bits per heavy atom. The van der Waals surface area contributed by atoms with Crippen molar-refractivity contribution in [3.8, 4) is 11.3 Å². The lowest BCUT2D eigenvalue weighted by atomic mass is 10.2. The van der Waals surface area contributed by atoms with Gasteiger partial charge in [-0.25, -0.2) is 4.98 Å². The quantitative estimate of drug-likeness (QED) is 0.300. The number of carbonyl (C=O) groups excluding carboxylic acids is 1. The second kappa shape index (κ2) is 8.53. The molecule has 4 rings (SSSR count). The highest BCUT2D eigenvalue weighted by Crippen LogP contribution is 2.31. The van der Waals surface area contributed by atoms with E-state index in [1.165, 1.54) is 11.3 Å². The normalized spacial score (nSPS) is 10.9. The number of aryl methyl sites for hydroxylation is 1. The smallest absolute Gasteiger partial charge is 0.293 e. The maximum atomic E-state index is 12.5. The number of benzene rings is 2. The summed E-state index contributed by atoms with van der Waals surface area (Å²) in [4.78, 5) is 16.9. The third-order valence-electron chi connectivity index (χ3n) is 4.15. The number of nitrogens with one attached hydrogen (secondary N) is 2. The number of hydrogen-bond acceptors (Lipinski definition) is 5. The molecule has 5 nitrogen and oxygen atoms in total. The zero-order valence-corrected chi connectivity index (χ0v) is 19.2. The molecule has 1 amide bonds. The van der Waals surface area contributed by atoms with Crippen molar-refractivity contribution in [2.45, 2.75) is 6.92 Å². The summed E-state index contributed by atoms with van der Waals surface area (Å²) in [6, 6.07) is 12.0. The minimum atomic E-state index is -0.487. The lowest BCUT2D eigenvalue weighted by molar-refractivity contribution is 0.0951.